The van der Waals surface area contributed by atoms with Crippen LogP contribution in [-0.2, 0) is 9.53 Å². The van der Waals surface area contributed by atoms with Crippen LogP contribution >= 0.6 is 0 Å². The summed E-state index contributed by atoms with van der Waals surface area (Å²) in [6.07, 6.45) is 1.74. The molecule has 2 saturated heterocycles. The second-order valence-electron chi connectivity index (χ2n) is 4.62. The van der Waals surface area contributed by atoms with Gasteiger partial charge in [-0.05, 0) is 19.4 Å². The number of ether oxygens (including phenoxy) is 1. The number of carbonyl (C=O) groups is 1. The number of hydrogen-bond acceptors (Lipinski definition) is 3. The van der Waals surface area contributed by atoms with Crippen LogP contribution in [0.5, 0.6) is 0 Å². The maximum atomic E-state index is 11.9. The van der Waals surface area contributed by atoms with Crippen molar-refractivity contribution >= 4 is 5.91 Å². The minimum absolute atomic E-state index is 0.318. The zero-order chi connectivity index (χ0) is 10.7. The first-order chi connectivity index (χ1) is 7.25. The van der Waals surface area contributed by atoms with Crippen molar-refractivity contribution in [2.45, 2.75) is 12.8 Å². The molecule has 0 N–H and O–H groups in total. The number of likely N-dealkylation sites (N-methyl/N-ethyl adjacent to an activating group) is 1. The lowest BCUT2D eigenvalue weighted by atomic mass is 10.0. The molecule has 0 aliphatic carbocycles. The predicted octanol–water partition coefficient (Wildman–Crippen LogP) is 0.187. The van der Waals surface area contributed by atoms with E-state index in [0.717, 1.165) is 45.8 Å². The Hall–Kier alpha value is -0.610. The summed E-state index contributed by atoms with van der Waals surface area (Å²) in [5, 5.41) is 0. The minimum Gasteiger partial charge on any atom is -0.381 e. The Morgan fingerprint density at radius 2 is 2.07 bits per heavy atom. The van der Waals surface area contributed by atoms with Gasteiger partial charge in [0.2, 0.25) is 5.91 Å². The highest BCUT2D eigenvalue weighted by Crippen LogP contribution is 2.17. The van der Waals surface area contributed by atoms with E-state index in [1.807, 2.05) is 4.90 Å². The third kappa shape index (κ3) is 2.92. The van der Waals surface area contributed by atoms with Gasteiger partial charge in [0, 0.05) is 45.8 Å². The van der Waals surface area contributed by atoms with Crippen LogP contribution < -0.4 is 0 Å². The van der Waals surface area contributed by atoms with Gasteiger partial charge in [-0.15, -0.1) is 0 Å². The summed E-state index contributed by atoms with van der Waals surface area (Å²) >= 11 is 0. The van der Waals surface area contributed by atoms with Gasteiger partial charge in [0.15, 0.2) is 0 Å². The summed E-state index contributed by atoms with van der Waals surface area (Å²) in [4.78, 5) is 16.2. The minimum atomic E-state index is 0.318. The Morgan fingerprint density at radius 3 is 2.67 bits per heavy atom. The number of piperazine rings is 1. The first-order valence-corrected chi connectivity index (χ1v) is 5.80. The summed E-state index contributed by atoms with van der Waals surface area (Å²) in [7, 11) is 2.10. The van der Waals surface area contributed by atoms with Crippen LogP contribution in [0, 0.1) is 5.92 Å². The van der Waals surface area contributed by atoms with Gasteiger partial charge in [0.25, 0.3) is 0 Å². The molecule has 0 bridgehead atoms. The van der Waals surface area contributed by atoms with E-state index in [0.29, 0.717) is 18.2 Å². The molecule has 0 aromatic rings. The zero-order valence-electron chi connectivity index (χ0n) is 9.45. The van der Waals surface area contributed by atoms with Gasteiger partial charge >= 0.3 is 0 Å². The van der Waals surface area contributed by atoms with Crippen molar-refractivity contribution in [1.29, 1.82) is 0 Å². The Kier molecular flexibility index (Phi) is 3.59. The second-order valence-corrected chi connectivity index (χ2v) is 4.62. The van der Waals surface area contributed by atoms with Crippen molar-refractivity contribution in [3.63, 3.8) is 0 Å². The third-order valence-corrected chi connectivity index (χ3v) is 3.34. The summed E-state index contributed by atoms with van der Waals surface area (Å²) in [5.41, 5.74) is 0. The quantitative estimate of drug-likeness (QED) is 0.655. The fraction of sp³-hybridized carbons (Fsp3) is 0.909. The molecule has 1 atom stereocenters. The Bertz CT molecular complexity index is 219. The standard InChI is InChI=1S/C11H20N2O2/c1-12-3-5-13(6-4-12)11(14)8-10-2-7-15-9-10/h10H,2-9H2,1H3. The summed E-state index contributed by atoms with van der Waals surface area (Å²) in [5.74, 6) is 0.788. The summed E-state index contributed by atoms with van der Waals surface area (Å²) in [6.45, 7) is 5.41. The molecule has 1 amide bonds. The van der Waals surface area contributed by atoms with E-state index >= 15 is 0 Å². The molecule has 0 radical (unpaired) electrons. The van der Waals surface area contributed by atoms with Crippen LogP contribution in [0.4, 0.5) is 0 Å². The van der Waals surface area contributed by atoms with Gasteiger partial charge in [-0.1, -0.05) is 0 Å². The fourth-order valence-corrected chi connectivity index (χ4v) is 2.18. The first-order valence-electron chi connectivity index (χ1n) is 5.80. The van der Waals surface area contributed by atoms with Crippen molar-refractivity contribution in [3.8, 4) is 0 Å². The monoisotopic (exact) mass is 212 g/mol. The lowest BCUT2D eigenvalue weighted by molar-refractivity contribution is -0.133. The number of hydrogen-bond donors (Lipinski definition) is 0. The number of nitrogens with zero attached hydrogens (tertiary/aromatic N) is 2. The first kappa shape index (κ1) is 10.9. The maximum absolute atomic E-state index is 11.9. The van der Waals surface area contributed by atoms with E-state index in [1.165, 1.54) is 0 Å². The molecule has 4 nitrogen and oxygen atoms in total. The molecule has 0 aromatic heterocycles. The van der Waals surface area contributed by atoms with E-state index < -0.39 is 0 Å². The van der Waals surface area contributed by atoms with Crippen LogP contribution in [0.25, 0.3) is 0 Å². The van der Waals surface area contributed by atoms with Crippen molar-refractivity contribution in [3.05, 3.63) is 0 Å². The molecule has 4 heteroatoms. The Morgan fingerprint density at radius 1 is 1.33 bits per heavy atom. The average Bonchev–Trinajstić information content (AvgIpc) is 2.71. The molecule has 2 fully saturated rings. The number of amides is 1. The molecule has 0 spiro atoms. The highest BCUT2D eigenvalue weighted by Gasteiger charge is 2.24. The Labute approximate surface area is 91.2 Å². The molecule has 15 heavy (non-hydrogen) atoms. The number of rotatable bonds is 2. The second kappa shape index (κ2) is 4.94. The molecule has 2 aliphatic rings. The van der Waals surface area contributed by atoms with Gasteiger partial charge in [-0.2, -0.15) is 0 Å². The molecular formula is C11H20N2O2. The van der Waals surface area contributed by atoms with Crippen LogP contribution in [-0.4, -0.2) is 62.1 Å². The SMILES string of the molecule is CN1CCN(C(=O)CC2CCOC2)CC1. The van der Waals surface area contributed by atoms with Gasteiger partial charge < -0.3 is 14.5 Å². The topological polar surface area (TPSA) is 32.8 Å². The predicted molar refractivity (Wildman–Crippen MR) is 57.6 cm³/mol. The van der Waals surface area contributed by atoms with Gasteiger partial charge in [0.1, 0.15) is 0 Å². The largest absolute Gasteiger partial charge is 0.381 e. The van der Waals surface area contributed by atoms with Gasteiger partial charge in [-0.3, -0.25) is 4.79 Å². The van der Waals surface area contributed by atoms with E-state index in [1.54, 1.807) is 0 Å². The van der Waals surface area contributed by atoms with Crippen molar-refractivity contribution in [2.24, 2.45) is 5.92 Å². The molecule has 86 valence electrons. The van der Waals surface area contributed by atoms with E-state index in [2.05, 4.69) is 11.9 Å². The molecule has 0 saturated carbocycles. The molecular weight excluding hydrogens is 192 g/mol. The van der Waals surface area contributed by atoms with Crippen LogP contribution in [0.15, 0.2) is 0 Å². The average molecular weight is 212 g/mol. The van der Waals surface area contributed by atoms with Crippen molar-refractivity contribution in [2.75, 3.05) is 46.4 Å². The van der Waals surface area contributed by atoms with Gasteiger partial charge in [0.05, 0.1) is 0 Å². The molecule has 2 heterocycles. The third-order valence-electron chi connectivity index (χ3n) is 3.34. The van der Waals surface area contributed by atoms with E-state index in [9.17, 15) is 4.79 Å². The van der Waals surface area contributed by atoms with E-state index in [4.69, 9.17) is 4.74 Å². The molecule has 2 aliphatic heterocycles. The van der Waals surface area contributed by atoms with Crippen molar-refractivity contribution < 1.29 is 9.53 Å². The fourth-order valence-electron chi connectivity index (χ4n) is 2.18. The highest BCUT2D eigenvalue weighted by atomic mass is 16.5. The smallest absolute Gasteiger partial charge is 0.223 e. The van der Waals surface area contributed by atoms with Crippen LogP contribution in [0.1, 0.15) is 12.8 Å². The molecule has 1 unspecified atom stereocenters. The summed E-state index contributed by atoms with van der Waals surface area (Å²) in [6, 6.07) is 0. The lowest BCUT2D eigenvalue weighted by Gasteiger charge is -2.32. The number of carbonyl (C=O) groups excluding carboxylic acids is 1. The van der Waals surface area contributed by atoms with Crippen LogP contribution in [0.3, 0.4) is 0 Å². The molecule has 0 aromatic carbocycles. The lowest BCUT2D eigenvalue weighted by Crippen LogP contribution is -2.47. The van der Waals surface area contributed by atoms with Gasteiger partial charge in [-0.25, -0.2) is 0 Å². The zero-order valence-corrected chi connectivity index (χ0v) is 9.45. The van der Waals surface area contributed by atoms with Crippen molar-refractivity contribution in [1.82, 2.24) is 9.80 Å². The van der Waals surface area contributed by atoms with E-state index in [-0.39, 0.29) is 0 Å². The summed E-state index contributed by atoms with van der Waals surface area (Å²) < 4.78 is 5.28. The van der Waals surface area contributed by atoms with Crippen LogP contribution in [0.2, 0.25) is 0 Å². The Balaban J connectivity index is 1.75. The maximum Gasteiger partial charge on any atom is 0.223 e. The molecule has 2 rings (SSSR count). The highest BCUT2D eigenvalue weighted by molar-refractivity contribution is 5.76. The normalized spacial score (nSPS) is 28.3.